The zero-order valence-electron chi connectivity index (χ0n) is 15.4. The summed E-state index contributed by atoms with van der Waals surface area (Å²) in [6.45, 7) is 1.68. The van der Waals surface area contributed by atoms with Gasteiger partial charge in [0.15, 0.2) is 5.78 Å². The van der Waals surface area contributed by atoms with Crippen molar-refractivity contribution in [1.29, 1.82) is 0 Å². The van der Waals surface area contributed by atoms with Crippen molar-refractivity contribution < 1.29 is 23.5 Å². The average molecular weight is 406 g/mol. The molecule has 0 radical (unpaired) electrons. The Kier molecular flexibility index (Phi) is 5.72. The van der Waals surface area contributed by atoms with Gasteiger partial charge in [0.25, 0.3) is 0 Å². The normalized spacial score (nSPS) is 17.3. The quantitative estimate of drug-likeness (QED) is 0.770. The van der Waals surface area contributed by atoms with Crippen LogP contribution in [-0.2, 0) is 4.74 Å². The number of carbonyl (C=O) groups excluding carboxylic acids is 2. The van der Waals surface area contributed by atoms with E-state index in [0.717, 1.165) is 31.5 Å². The second-order valence-electron chi connectivity index (χ2n) is 7.03. The van der Waals surface area contributed by atoms with Crippen molar-refractivity contribution in [1.82, 2.24) is 5.32 Å². The predicted octanol–water partition coefficient (Wildman–Crippen LogP) is 3.79. The molecule has 4 rings (SSSR count). The Balaban J connectivity index is 0.00000225. The molecule has 2 aromatic carbocycles. The molecule has 1 spiro atoms. The van der Waals surface area contributed by atoms with E-state index in [-0.39, 0.29) is 23.8 Å². The molecule has 1 fully saturated rings. The van der Waals surface area contributed by atoms with Gasteiger partial charge in [0.05, 0.1) is 24.7 Å². The molecule has 0 amide bonds. The largest absolute Gasteiger partial charge is 0.486 e. The lowest BCUT2D eigenvalue weighted by atomic mass is 9.82. The Bertz CT molecular complexity index is 925. The van der Waals surface area contributed by atoms with Crippen molar-refractivity contribution in [3.63, 3.8) is 0 Å². The zero-order valence-corrected chi connectivity index (χ0v) is 16.2. The van der Waals surface area contributed by atoms with Crippen LogP contribution >= 0.6 is 12.4 Å². The summed E-state index contributed by atoms with van der Waals surface area (Å²) in [5.41, 5.74) is 1.33. The molecule has 0 saturated carbocycles. The maximum Gasteiger partial charge on any atom is 0.340 e. The number of nitrogens with one attached hydrogen (secondary N) is 1. The minimum atomic E-state index is -0.737. The number of benzene rings is 2. The maximum atomic E-state index is 13.9. The number of fused-ring (bicyclic) bond motifs is 1. The smallest absolute Gasteiger partial charge is 0.340 e. The molecule has 2 heterocycles. The molecule has 0 bridgehead atoms. The molecule has 7 heteroatoms. The van der Waals surface area contributed by atoms with Crippen LogP contribution in [0.25, 0.3) is 11.1 Å². The van der Waals surface area contributed by atoms with E-state index in [0.29, 0.717) is 23.3 Å². The molecule has 0 aromatic heterocycles. The fourth-order valence-electron chi connectivity index (χ4n) is 3.81. The molecule has 148 valence electrons. The van der Waals surface area contributed by atoms with Crippen LogP contribution < -0.4 is 10.1 Å². The van der Waals surface area contributed by atoms with Gasteiger partial charge in [-0.15, -0.1) is 12.4 Å². The van der Waals surface area contributed by atoms with Crippen LogP contribution in [-0.4, -0.2) is 37.6 Å². The van der Waals surface area contributed by atoms with Crippen LogP contribution in [0.5, 0.6) is 5.75 Å². The molecule has 0 unspecified atom stereocenters. The van der Waals surface area contributed by atoms with Crippen LogP contribution in [0.3, 0.4) is 0 Å². The fourth-order valence-corrected chi connectivity index (χ4v) is 3.81. The molecule has 5 nitrogen and oxygen atoms in total. The standard InChI is InChI=1S/C21H20FNO4.ClH/c1-26-20(25)15-10-13(2-4-17(15)22)14-3-5-19-16(11-14)18(24)12-21(27-19)6-8-23-9-7-21;/h2-5,10-11,23H,6-9,12H2,1H3;1H. The zero-order chi connectivity index (χ0) is 19.0. The Hall–Kier alpha value is -2.44. The fraction of sp³-hybridized carbons (Fsp3) is 0.333. The van der Waals surface area contributed by atoms with E-state index in [1.165, 1.54) is 19.2 Å². The summed E-state index contributed by atoms with van der Waals surface area (Å²) in [4.78, 5) is 24.5. The van der Waals surface area contributed by atoms with E-state index < -0.39 is 17.4 Å². The van der Waals surface area contributed by atoms with Gasteiger partial charge < -0.3 is 14.8 Å². The molecule has 1 saturated heterocycles. The number of halogens is 2. The SMILES string of the molecule is COC(=O)c1cc(-c2ccc3c(c2)C(=O)CC2(CCNCC2)O3)ccc1F.Cl. The van der Waals surface area contributed by atoms with Gasteiger partial charge in [0.2, 0.25) is 0 Å². The highest BCUT2D eigenvalue weighted by atomic mass is 35.5. The van der Waals surface area contributed by atoms with Crippen LogP contribution in [0.2, 0.25) is 0 Å². The Morgan fingerprint density at radius 3 is 2.54 bits per heavy atom. The Morgan fingerprint density at radius 2 is 1.82 bits per heavy atom. The van der Waals surface area contributed by atoms with Gasteiger partial charge in [-0.05, 0) is 48.5 Å². The molecule has 0 aliphatic carbocycles. The lowest BCUT2D eigenvalue weighted by Crippen LogP contribution is -2.49. The number of piperidine rings is 1. The van der Waals surface area contributed by atoms with Crippen LogP contribution in [0.4, 0.5) is 4.39 Å². The van der Waals surface area contributed by atoms with E-state index >= 15 is 0 Å². The molecular weight excluding hydrogens is 385 g/mol. The summed E-state index contributed by atoms with van der Waals surface area (Å²) in [6.07, 6.45) is 1.97. The van der Waals surface area contributed by atoms with Gasteiger partial charge in [-0.3, -0.25) is 4.79 Å². The van der Waals surface area contributed by atoms with Gasteiger partial charge in [-0.25, -0.2) is 9.18 Å². The number of ether oxygens (including phenoxy) is 2. The van der Waals surface area contributed by atoms with E-state index in [1.807, 2.05) is 6.07 Å². The monoisotopic (exact) mass is 405 g/mol. The van der Waals surface area contributed by atoms with Gasteiger partial charge in [0, 0.05) is 12.8 Å². The maximum absolute atomic E-state index is 13.9. The number of carbonyl (C=O) groups is 2. The van der Waals surface area contributed by atoms with Crippen molar-refractivity contribution >= 4 is 24.2 Å². The van der Waals surface area contributed by atoms with Crippen molar-refractivity contribution in [2.75, 3.05) is 20.2 Å². The molecule has 0 atom stereocenters. The number of esters is 1. The number of rotatable bonds is 2. The van der Waals surface area contributed by atoms with E-state index in [9.17, 15) is 14.0 Å². The van der Waals surface area contributed by atoms with E-state index in [4.69, 9.17) is 4.74 Å². The van der Waals surface area contributed by atoms with Crippen LogP contribution in [0, 0.1) is 5.82 Å². The predicted molar refractivity (Wildman–Crippen MR) is 105 cm³/mol. The first-order valence-electron chi connectivity index (χ1n) is 8.97. The lowest BCUT2D eigenvalue weighted by molar-refractivity contribution is 0.0187. The van der Waals surface area contributed by atoms with E-state index in [2.05, 4.69) is 10.1 Å². The first-order chi connectivity index (χ1) is 13.0. The summed E-state index contributed by atoms with van der Waals surface area (Å²) in [7, 11) is 1.21. The van der Waals surface area contributed by atoms with E-state index in [1.54, 1.807) is 18.2 Å². The summed E-state index contributed by atoms with van der Waals surface area (Å²) in [5.74, 6) is -0.738. The van der Waals surface area contributed by atoms with Crippen molar-refractivity contribution in [3.8, 4) is 16.9 Å². The third-order valence-electron chi connectivity index (χ3n) is 5.31. The van der Waals surface area contributed by atoms with Crippen molar-refractivity contribution in [3.05, 3.63) is 53.3 Å². The van der Waals surface area contributed by atoms with Crippen LogP contribution in [0.15, 0.2) is 36.4 Å². The Labute approximate surface area is 168 Å². The van der Waals surface area contributed by atoms with Crippen molar-refractivity contribution in [2.24, 2.45) is 0 Å². The highest BCUT2D eigenvalue weighted by molar-refractivity contribution is 6.01. The summed E-state index contributed by atoms with van der Waals surface area (Å²) >= 11 is 0. The number of hydrogen-bond acceptors (Lipinski definition) is 5. The minimum absolute atomic E-state index is 0. The topological polar surface area (TPSA) is 64.6 Å². The summed E-state index contributed by atoms with van der Waals surface area (Å²) in [6, 6.07) is 9.59. The molecular formula is C21H21ClFNO4. The van der Waals surface area contributed by atoms with Crippen LogP contribution in [0.1, 0.15) is 40.0 Å². The second-order valence-corrected chi connectivity index (χ2v) is 7.03. The number of ketones is 1. The first kappa shape index (κ1) is 20.3. The third-order valence-corrected chi connectivity index (χ3v) is 5.31. The molecule has 2 aromatic rings. The number of Topliss-reactive ketones (excluding diaryl/α,β-unsaturated/α-hetero) is 1. The van der Waals surface area contributed by atoms with Gasteiger partial charge in [0.1, 0.15) is 17.2 Å². The number of methoxy groups -OCH3 is 1. The van der Waals surface area contributed by atoms with Gasteiger partial charge in [-0.1, -0.05) is 12.1 Å². The lowest BCUT2D eigenvalue weighted by Gasteiger charge is -2.41. The first-order valence-corrected chi connectivity index (χ1v) is 8.97. The average Bonchev–Trinajstić information content (AvgIpc) is 2.68. The minimum Gasteiger partial charge on any atom is -0.486 e. The molecule has 2 aliphatic rings. The molecule has 1 N–H and O–H groups in total. The summed E-state index contributed by atoms with van der Waals surface area (Å²) in [5, 5.41) is 3.29. The summed E-state index contributed by atoms with van der Waals surface area (Å²) < 4.78 is 24.7. The van der Waals surface area contributed by atoms with Gasteiger partial charge >= 0.3 is 5.97 Å². The number of hydrogen-bond donors (Lipinski definition) is 1. The molecule has 28 heavy (non-hydrogen) atoms. The molecule has 2 aliphatic heterocycles. The highest BCUT2D eigenvalue weighted by Crippen LogP contribution is 2.39. The Morgan fingerprint density at radius 1 is 1.14 bits per heavy atom. The highest BCUT2D eigenvalue weighted by Gasteiger charge is 2.41. The second kappa shape index (κ2) is 7.89. The van der Waals surface area contributed by atoms with Gasteiger partial charge in [-0.2, -0.15) is 0 Å². The van der Waals surface area contributed by atoms with Crippen molar-refractivity contribution in [2.45, 2.75) is 24.9 Å². The third kappa shape index (κ3) is 3.62.